The van der Waals surface area contributed by atoms with Crippen molar-refractivity contribution in [1.82, 2.24) is 10.6 Å². The van der Waals surface area contributed by atoms with Crippen molar-refractivity contribution >= 4 is 5.96 Å². The molecule has 0 fully saturated rings. The van der Waals surface area contributed by atoms with Gasteiger partial charge >= 0.3 is 0 Å². The van der Waals surface area contributed by atoms with E-state index in [-0.39, 0.29) is 0 Å². The number of benzene rings is 2. The topological polar surface area (TPSA) is 54.9 Å². The second-order valence-electron chi connectivity index (χ2n) is 5.26. The van der Waals surface area contributed by atoms with E-state index in [9.17, 15) is 0 Å². The van der Waals surface area contributed by atoms with E-state index >= 15 is 0 Å². The summed E-state index contributed by atoms with van der Waals surface area (Å²) in [5.74, 6) is 2.52. The van der Waals surface area contributed by atoms with Gasteiger partial charge in [0.05, 0.1) is 14.2 Å². The quantitative estimate of drug-likeness (QED) is 0.606. The normalized spacial score (nSPS) is 11.0. The van der Waals surface area contributed by atoms with E-state index in [0.717, 1.165) is 36.0 Å². The molecule has 0 aromatic heterocycles. The van der Waals surface area contributed by atoms with Crippen LogP contribution >= 0.6 is 0 Å². The van der Waals surface area contributed by atoms with Gasteiger partial charge in [0.25, 0.3) is 0 Å². The highest BCUT2D eigenvalue weighted by Gasteiger charge is 2.03. The van der Waals surface area contributed by atoms with Crippen molar-refractivity contribution in [3.63, 3.8) is 0 Å². The average Bonchev–Trinajstić information content (AvgIpc) is 2.65. The summed E-state index contributed by atoms with van der Waals surface area (Å²) in [6.07, 6.45) is 0.916. The van der Waals surface area contributed by atoms with Crippen molar-refractivity contribution in [2.45, 2.75) is 13.0 Å². The number of guanidine groups is 1. The first-order chi connectivity index (χ1) is 11.8. The number of aliphatic imine (C=N–C) groups is 1. The lowest BCUT2D eigenvalue weighted by Crippen LogP contribution is -2.37. The van der Waals surface area contributed by atoms with Crippen molar-refractivity contribution in [1.29, 1.82) is 0 Å². The molecule has 0 amide bonds. The summed E-state index contributed by atoms with van der Waals surface area (Å²) in [4.78, 5) is 4.25. The highest BCUT2D eigenvalue weighted by Crippen LogP contribution is 2.16. The van der Waals surface area contributed by atoms with Crippen LogP contribution in [0.4, 0.5) is 0 Å². The number of methoxy groups -OCH3 is 2. The molecule has 2 N–H and O–H groups in total. The molecule has 24 heavy (non-hydrogen) atoms. The van der Waals surface area contributed by atoms with E-state index in [2.05, 4.69) is 27.8 Å². The molecule has 0 aliphatic carbocycles. The summed E-state index contributed by atoms with van der Waals surface area (Å²) in [6, 6.07) is 16.1. The van der Waals surface area contributed by atoms with Crippen molar-refractivity contribution in [3.8, 4) is 11.5 Å². The Labute approximate surface area is 143 Å². The van der Waals surface area contributed by atoms with Gasteiger partial charge in [-0.05, 0) is 30.2 Å². The Kier molecular flexibility index (Phi) is 6.95. The van der Waals surface area contributed by atoms with Crippen molar-refractivity contribution in [2.24, 2.45) is 4.99 Å². The molecule has 128 valence electrons. The first kappa shape index (κ1) is 17.7. The molecule has 0 atom stereocenters. The first-order valence-corrected chi connectivity index (χ1v) is 7.96. The van der Waals surface area contributed by atoms with Gasteiger partial charge in [0, 0.05) is 25.7 Å². The van der Waals surface area contributed by atoms with Crippen LogP contribution in [0.3, 0.4) is 0 Å². The molecule has 0 radical (unpaired) electrons. The monoisotopic (exact) mass is 327 g/mol. The maximum absolute atomic E-state index is 5.36. The molecule has 5 nitrogen and oxygen atoms in total. The Morgan fingerprint density at radius 1 is 0.958 bits per heavy atom. The molecule has 0 unspecified atom stereocenters. The van der Waals surface area contributed by atoms with Gasteiger partial charge in [0.2, 0.25) is 0 Å². The molecule has 0 saturated heterocycles. The van der Waals surface area contributed by atoms with Gasteiger partial charge in [0.15, 0.2) is 5.96 Å². The van der Waals surface area contributed by atoms with Crippen molar-refractivity contribution < 1.29 is 9.47 Å². The maximum Gasteiger partial charge on any atom is 0.191 e. The van der Waals surface area contributed by atoms with Crippen LogP contribution in [0.15, 0.2) is 53.5 Å². The first-order valence-electron chi connectivity index (χ1n) is 7.96. The lowest BCUT2D eigenvalue weighted by atomic mass is 10.1. The summed E-state index contributed by atoms with van der Waals surface area (Å²) in [5.41, 5.74) is 2.35. The van der Waals surface area contributed by atoms with Gasteiger partial charge in [-0.2, -0.15) is 0 Å². The standard InChI is InChI=1S/C19H25N3O2/c1-20-19(22-14-16-6-4-5-7-18(16)24-3)21-13-12-15-8-10-17(23-2)11-9-15/h4-11H,12-14H2,1-3H3,(H2,20,21,22). The second kappa shape index (κ2) is 9.45. The predicted molar refractivity (Wildman–Crippen MR) is 97.9 cm³/mol. The Morgan fingerprint density at radius 3 is 2.38 bits per heavy atom. The van der Waals surface area contributed by atoms with E-state index in [1.165, 1.54) is 5.56 Å². The van der Waals surface area contributed by atoms with E-state index in [1.54, 1.807) is 21.3 Å². The SMILES string of the molecule is CN=C(NCCc1ccc(OC)cc1)NCc1ccccc1OC. The van der Waals surface area contributed by atoms with Crippen LogP contribution in [0.1, 0.15) is 11.1 Å². The number of rotatable bonds is 7. The van der Waals surface area contributed by atoms with Gasteiger partial charge in [0.1, 0.15) is 11.5 Å². The van der Waals surface area contributed by atoms with Crippen LogP contribution in [-0.2, 0) is 13.0 Å². The summed E-state index contributed by atoms with van der Waals surface area (Å²) in [5, 5.41) is 6.62. The predicted octanol–water partition coefficient (Wildman–Crippen LogP) is 2.61. The number of ether oxygens (including phenoxy) is 2. The highest BCUT2D eigenvalue weighted by atomic mass is 16.5. The number of nitrogens with one attached hydrogen (secondary N) is 2. The molecule has 2 aromatic rings. The summed E-state index contributed by atoms with van der Waals surface area (Å²) >= 11 is 0. The third-order valence-electron chi connectivity index (χ3n) is 3.73. The fourth-order valence-electron chi connectivity index (χ4n) is 2.37. The van der Waals surface area contributed by atoms with Gasteiger partial charge < -0.3 is 20.1 Å². The molecule has 0 bridgehead atoms. The van der Waals surface area contributed by atoms with Crippen molar-refractivity contribution in [2.75, 3.05) is 27.8 Å². The molecule has 0 heterocycles. The molecular formula is C19H25N3O2. The number of hydrogen-bond donors (Lipinski definition) is 2. The molecule has 2 aromatic carbocycles. The zero-order valence-corrected chi connectivity index (χ0v) is 14.5. The Hall–Kier alpha value is -2.69. The zero-order chi connectivity index (χ0) is 17.2. The summed E-state index contributed by atoms with van der Waals surface area (Å²) in [6.45, 7) is 1.46. The largest absolute Gasteiger partial charge is 0.497 e. The second-order valence-corrected chi connectivity index (χ2v) is 5.26. The zero-order valence-electron chi connectivity index (χ0n) is 14.5. The minimum Gasteiger partial charge on any atom is -0.497 e. The minimum absolute atomic E-state index is 0.659. The average molecular weight is 327 g/mol. The van der Waals surface area contributed by atoms with E-state index < -0.39 is 0 Å². The molecule has 0 aliphatic heterocycles. The van der Waals surface area contributed by atoms with Crippen LogP contribution in [0.2, 0.25) is 0 Å². The lowest BCUT2D eigenvalue weighted by molar-refractivity contribution is 0.409. The van der Waals surface area contributed by atoms with Gasteiger partial charge in [-0.15, -0.1) is 0 Å². The van der Waals surface area contributed by atoms with Crippen LogP contribution in [0.5, 0.6) is 11.5 Å². The van der Waals surface area contributed by atoms with E-state index in [1.807, 2.05) is 36.4 Å². The lowest BCUT2D eigenvalue weighted by Gasteiger charge is -2.13. The molecule has 0 saturated carbocycles. The molecule has 0 aliphatic rings. The third kappa shape index (κ3) is 5.19. The van der Waals surface area contributed by atoms with Crippen LogP contribution in [-0.4, -0.2) is 33.8 Å². The molecule has 5 heteroatoms. The van der Waals surface area contributed by atoms with E-state index in [4.69, 9.17) is 9.47 Å². The fraction of sp³-hybridized carbons (Fsp3) is 0.316. The van der Waals surface area contributed by atoms with Gasteiger partial charge in [-0.1, -0.05) is 30.3 Å². The smallest absolute Gasteiger partial charge is 0.191 e. The van der Waals surface area contributed by atoms with Crippen LogP contribution in [0, 0.1) is 0 Å². The number of nitrogens with zero attached hydrogens (tertiary/aromatic N) is 1. The minimum atomic E-state index is 0.659. The van der Waals surface area contributed by atoms with E-state index in [0.29, 0.717) is 6.54 Å². The number of hydrogen-bond acceptors (Lipinski definition) is 3. The summed E-state index contributed by atoms with van der Waals surface area (Å²) in [7, 11) is 5.12. The van der Waals surface area contributed by atoms with Crippen LogP contribution in [0.25, 0.3) is 0 Å². The van der Waals surface area contributed by atoms with Crippen LogP contribution < -0.4 is 20.1 Å². The van der Waals surface area contributed by atoms with Gasteiger partial charge in [-0.25, -0.2) is 0 Å². The summed E-state index contributed by atoms with van der Waals surface area (Å²) < 4.78 is 10.5. The molecular weight excluding hydrogens is 302 g/mol. The number of para-hydroxylation sites is 1. The third-order valence-corrected chi connectivity index (χ3v) is 3.73. The maximum atomic E-state index is 5.36. The van der Waals surface area contributed by atoms with Gasteiger partial charge in [-0.3, -0.25) is 4.99 Å². The Bertz CT molecular complexity index is 654. The Balaban J connectivity index is 1.79. The Morgan fingerprint density at radius 2 is 1.71 bits per heavy atom. The highest BCUT2D eigenvalue weighted by molar-refractivity contribution is 5.79. The molecule has 2 rings (SSSR count). The fourth-order valence-corrected chi connectivity index (χ4v) is 2.37. The van der Waals surface area contributed by atoms with Crippen molar-refractivity contribution in [3.05, 3.63) is 59.7 Å². The molecule has 0 spiro atoms.